The van der Waals surface area contributed by atoms with Gasteiger partial charge in [-0.15, -0.1) is 0 Å². The summed E-state index contributed by atoms with van der Waals surface area (Å²) >= 11 is 0. The fourth-order valence-electron chi connectivity index (χ4n) is 1.13. The lowest BCUT2D eigenvalue weighted by atomic mass is 10.1. The van der Waals surface area contributed by atoms with Gasteiger partial charge < -0.3 is 0 Å². The molecule has 0 saturated heterocycles. The second-order valence-electron chi connectivity index (χ2n) is 3.05. The Morgan fingerprint density at radius 3 is 2.50 bits per heavy atom. The van der Waals surface area contributed by atoms with Gasteiger partial charge in [-0.2, -0.15) is 13.2 Å². The lowest BCUT2D eigenvalue weighted by molar-refractivity contribution is -0.127. The molecule has 1 aromatic rings. The molecule has 0 N–H and O–H groups in total. The molecule has 0 atom stereocenters. The van der Waals surface area contributed by atoms with Crippen molar-refractivity contribution >= 4 is 5.78 Å². The minimum absolute atomic E-state index is 0.116. The van der Waals surface area contributed by atoms with E-state index in [1.807, 2.05) is 0 Å². The van der Waals surface area contributed by atoms with Crippen LogP contribution in [0.3, 0.4) is 0 Å². The highest BCUT2D eigenvalue weighted by molar-refractivity contribution is 5.94. The first kappa shape index (κ1) is 10.8. The predicted molar refractivity (Wildman–Crippen MR) is 46.2 cm³/mol. The van der Waals surface area contributed by atoms with Crippen molar-refractivity contribution in [2.24, 2.45) is 0 Å². The number of alkyl halides is 3. The largest absolute Gasteiger partial charge is 0.393 e. The fourth-order valence-corrected chi connectivity index (χ4v) is 1.13. The molecule has 0 aromatic heterocycles. The van der Waals surface area contributed by atoms with Gasteiger partial charge in [-0.25, -0.2) is 0 Å². The first-order valence-corrected chi connectivity index (χ1v) is 4.05. The molecule has 0 saturated carbocycles. The van der Waals surface area contributed by atoms with Crippen LogP contribution < -0.4 is 0 Å². The average molecular weight is 202 g/mol. The van der Waals surface area contributed by atoms with Gasteiger partial charge in [0.25, 0.3) is 0 Å². The quantitative estimate of drug-likeness (QED) is 0.674. The van der Waals surface area contributed by atoms with E-state index in [4.69, 9.17) is 0 Å². The molecule has 0 spiro atoms. The van der Waals surface area contributed by atoms with Crippen molar-refractivity contribution in [3.05, 3.63) is 35.4 Å². The molecule has 4 heteroatoms. The summed E-state index contributed by atoms with van der Waals surface area (Å²) in [5.74, 6) is -0.228. The van der Waals surface area contributed by atoms with Crippen molar-refractivity contribution in [1.29, 1.82) is 0 Å². The van der Waals surface area contributed by atoms with Crippen LogP contribution >= 0.6 is 0 Å². The minimum Gasteiger partial charge on any atom is -0.295 e. The Hall–Kier alpha value is -1.32. The third-order valence-electron chi connectivity index (χ3n) is 1.74. The summed E-state index contributed by atoms with van der Waals surface area (Å²) in [6, 6.07) is 5.59. The molecule has 0 amide bonds. The Morgan fingerprint density at radius 2 is 2.00 bits per heavy atom. The summed E-state index contributed by atoms with van der Waals surface area (Å²) in [5, 5.41) is 0. The molecule has 0 fully saturated rings. The number of benzene rings is 1. The maximum Gasteiger partial charge on any atom is 0.393 e. The normalized spacial score (nSPS) is 11.4. The number of hydrogen-bond donors (Lipinski definition) is 0. The smallest absolute Gasteiger partial charge is 0.295 e. The zero-order valence-corrected chi connectivity index (χ0v) is 7.56. The van der Waals surface area contributed by atoms with Gasteiger partial charge in [0.1, 0.15) is 0 Å². The standard InChI is InChI=1S/C10H9F3O/c1-7(14)9-4-2-3-8(5-9)6-10(11,12)13/h2-5H,6H2,1H3. The molecule has 0 aliphatic heterocycles. The van der Waals surface area contributed by atoms with Gasteiger partial charge in [0.2, 0.25) is 0 Å². The number of ketones is 1. The molecule has 1 rings (SSSR count). The van der Waals surface area contributed by atoms with Crippen LogP contribution in [-0.4, -0.2) is 12.0 Å². The number of halogens is 3. The topological polar surface area (TPSA) is 17.1 Å². The highest BCUT2D eigenvalue weighted by atomic mass is 19.4. The van der Waals surface area contributed by atoms with E-state index in [1.165, 1.54) is 31.2 Å². The van der Waals surface area contributed by atoms with Crippen LogP contribution in [-0.2, 0) is 6.42 Å². The van der Waals surface area contributed by atoms with E-state index in [-0.39, 0.29) is 11.3 Å². The van der Waals surface area contributed by atoms with Gasteiger partial charge in [-0.05, 0) is 18.6 Å². The number of carbonyl (C=O) groups excluding carboxylic acids is 1. The van der Waals surface area contributed by atoms with Gasteiger partial charge in [0, 0.05) is 5.56 Å². The molecule has 0 radical (unpaired) electrons. The van der Waals surface area contributed by atoms with Crippen LogP contribution in [0.15, 0.2) is 24.3 Å². The summed E-state index contributed by atoms with van der Waals surface area (Å²) in [4.78, 5) is 10.9. The summed E-state index contributed by atoms with van der Waals surface area (Å²) in [5.41, 5.74) is 0.428. The van der Waals surface area contributed by atoms with Gasteiger partial charge in [0.05, 0.1) is 6.42 Å². The Balaban J connectivity index is 2.89. The lowest BCUT2D eigenvalue weighted by Crippen LogP contribution is -2.11. The van der Waals surface area contributed by atoms with E-state index in [0.29, 0.717) is 5.56 Å². The minimum atomic E-state index is -4.23. The van der Waals surface area contributed by atoms with Crippen molar-refractivity contribution in [1.82, 2.24) is 0 Å². The monoisotopic (exact) mass is 202 g/mol. The molecule has 0 unspecified atom stereocenters. The maximum atomic E-state index is 12.0. The third kappa shape index (κ3) is 3.20. The Kier molecular flexibility index (Phi) is 2.93. The van der Waals surface area contributed by atoms with E-state index in [9.17, 15) is 18.0 Å². The van der Waals surface area contributed by atoms with Crippen molar-refractivity contribution < 1.29 is 18.0 Å². The molecular formula is C10H9F3O. The molecule has 1 aromatic carbocycles. The van der Waals surface area contributed by atoms with Crippen LogP contribution in [0, 0.1) is 0 Å². The van der Waals surface area contributed by atoms with Crippen molar-refractivity contribution in [2.75, 3.05) is 0 Å². The van der Waals surface area contributed by atoms with Gasteiger partial charge in [0.15, 0.2) is 5.78 Å². The summed E-state index contributed by atoms with van der Waals surface area (Å²) in [6.07, 6.45) is -5.22. The average Bonchev–Trinajstić information content (AvgIpc) is 2.01. The second-order valence-corrected chi connectivity index (χ2v) is 3.05. The highest BCUT2D eigenvalue weighted by Gasteiger charge is 2.27. The van der Waals surface area contributed by atoms with Crippen LogP contribution in [0.25, 0.3) is 0 Å². The third-order valence-corrected chi connectivity index (χ3v) is 1.74. The van der Waals surface area contributed by atoms with E-state index in [0.717, 1.165) is 0 Å². The zero-order chi connectivity index (χ0) is 10.8. The van der Waals surface area contributed by atoms with Crippen molar-refractivity contribution in [3.63, 3.8) is 0 Å². The first-order valence-electron chi connectivity index (χ1n) is 4.05. The van der Waals surface area contributed by atoms with Crippen LogP contribution in [0.4, 0.5) is 13.2 Å². The summed E-state index contributed by atoms with van der Waals surface area (Å²) in [7, 11) is 0. The molecule has 76 valence electrons. The first-order chi connectivity index (χ1) is 6.38. The highest BCUT2D eigenvalue weighted by Crippen LogP contribution is 2.21. The van der Waals surface area contributed by atoms with E-state index in [1.54, 1.807) is 0 Å². The number of hydrogen-bond acceptors (Lipinski definition) is 1. The molecule has 0 bridgehead atoms. The summed E-state index contributed by atoms with van der Waals surface area (Å²) < 4.78 is 36.0. The Bertz CT molecular complexity index is 341. The molecule has 0 aliphatic rings. The Morgan fingerprint density at radius 1 is 1.36 bits per heavy atom. The Labute approximate surface area is 79.5 Å². The van der Waals surface area contributed by atoms with Crippen molar-refractivity contribution in [3.8, 4) is 0 Å². The second kappa shape index (κ2) is 3.82. The van der Waals surface area contributed by atoms with Gasteiger partial charge >= 0.3 is 6.18 Å². The number of carbonyl (C=O) groups is 1. The van der Waals surface area contributed by atoms with Gasteiger partial charge in [-0.1, -0.05) is 18.2 Å². The molecule has 0 heterocycles. The van der Waals surface area contributed by atoms with E-state index >= 15 is 0 Å². The molecule has 0 aliphatic carbocycles. The molecule has 14 heavy (non-hydrogen) atoms. The predicted octanol–water partition coefficient (Wildman–Crippen LogP) is 2.99. The van der Waals surface area contributed by atoms with E-state index < -0.39 is 12.6 Å². The lowest BCUT2D eigenvalue weighted by Gasteiger charge is -2.06. The molecule has 1 nitrogen and oxygen atoms in total. The zero-order valence-electron chi connectivity index (χ0n) is 7.56. The fraction of sp³-hybridized carbons (Fsp3) is 0.300. The SMILES string of the molecule is CC(=O)c1cccc(CC(F)(F)F)c1. The maximum absolute atomic E-state index is 12.0. The van der Waals surface area contributed by atoms with Crippen molar-refractivity contribution in [2.45, 2.75) is 19.5 Å². The van der Waals surface area contributed by atoms with E-state index in [2.05, 4.69) is 0 Å². The van der Waals surface area contributed by atoms with Crippen LogP contribution in [0.2, 0.25) is 0 Å². The van der Waals surface area contributed by atoms with Crippen LogP contribution in [0.5, 0.6) is 0 Å². The summed E-state index contributed by atoms with van der Waals surface area (Å²) in [6.45, 7) is 1.33. The van der Waals surface area contributed by atoms with Gasteiger partial charge in [-0.3, -0.25) is 4.79 Å². The molecular weight excluding hydrogens is 193 g/mol. The number of Topliss-reactive ketones (excluding diaryl/α,β-unsaturated/α-hetero) is 1. The van der Waals surface area contributed by atoms with Crippen LogP contribution in [0.1, 0.15) is 22.8 Å². The number of rotatable bonds is 2.